The molecule has 0 spiro atoms. The highest BCUT2D eigenvalue weighted by Gasteiger charge is 2.37. The summed E-state index contributed by atoms with van der Waals surface area (Å²) in [4.78, 5) is 17.8. The number of aryl methyl sites for hydroxylation is 1. The lowest BCUT2D eigenvalue weighted by Gasteiger charge is -2.35. The van der Waals surface area contributed by atoms with Crippen molar-refractivity contribution in [2.24, 2.45) is 5.73 Å². The molecule has 0 saturated carbocycles. The Labute approximate surface area is 191 Å². The van der Waals surface area contributed by atoms with Crippen molar-refractivity contribution in [3.63, 3.8) is 0 Å². The van der Waals surface area contributed by atoms with Crippen LogP contribution in [0.1, 0.15) is 48.9 Å². The first-order chi connectivity index (χ1) is 15.3. The van der Waals surface area contributed by atoms with Crippen LogP contribution in [0.4, 0.5) is 0 Å². The molecular formula is C25H34N4O3. The van der Waals surface area contributed by atoms with Crippen LogP contribution < -0.4 is 5.73 Å². The van der Waals surface area contributed by atoms with Gasteiger partial charge in [0, 0.05) is 32.7 Å². The van der Waals surface area contributed by atoms with Gasteiger partial charge in [-0.15, -0.1) is 0 Å². The number of hydrogen-bond acceptors (Lipinski definition) is 7. The maximum absolute atomic E-state index is 12.9. The number of carbonyl (C=O) groups excluding carboxylic acids is 1. The summed E-state index contributed by atoms with van der Waals surface area (Å²) in [6, 6.07) is 6.42. The average molecular weight is 439 g/mol. The van der Waals surface area contributed by atoms with Crippen LogP contribution in [0.15, 0.2) is 34.9 Å². The van der Waals surface area contributed by atoms with Crippen LogP contribution in [0.3, 0.4) is 0 Å². The van der Waals surface area contributed by atoms with Gasteiger partial charge in [0.05, 0.1) is 18.1 Å². The lowest BCUT2D eigenvalue weighted by Crippen LogP contribution is -2.45. The van der Waals surface area contributed by atoms with Crippen molar-refractivity contribution in [2.75, 3.05) is 39.3 Å². The average Bonchev–Trinajstić information content (AvgIpc) is 2.76. The summed E-state index contributed by atoms with van der Waals surface area (Å²) in [7, 11) is 0. The molecule has 0 aliphatic carbocycles. The van der Waals surface area contributed by atoms with E-state index < -0.39 is 11.9 Å². The number of rotatable bonds is 6. The van der Waals surface area contributed by atoms with Gasteiger partial charge in [-0.1, -0.05) is 24.6 Å². The predicted octanol–water partition coefficient (Wildman–Crippen LogP) is 3.09. The lowest BCUT2D eigenvalue weighted by molar-refractivity contribution is -0.139. The summed E-state index contributed by atoms with van der Waals surface area (Å²) in [5.41, 5.74) is 10.9. The Balaban J connectivity index is 2.03. The molecule has 7 heteroatoms. The second-order valence-corrected chi connectivity index (χ2v) is 8.46. The highest BCUT2D eigenvalue weighted by molar-refractivity contribution is 5.92. The number of allylic oxidation sites excluding steroid dienone is 2. The summed E-state index contributed by atoms with van der Waals surface area (Å²) in [6.45, 7) is 16.1. The number of hydrogen-bond donors (Lipinski definition) is 1. The molecule has 1 fully saturated rings. The van der Waals surface area contributed by atoms with E-state index in [9.17, 15) is 10.1 Å². The van der Waals surface area contributed by atoms with Crippen molar-refractivity contribution in [1.29, 1.82) is 5.26 Å². The molecule has 32 heavy (non-hydrogen) atoms. The highest BCUT2D eigenvalue weighted by atomic mass is 16.5. The highest BCUT2D eigenvalue weighted by Crippen LogP contribution is 2.41. The third-order valence-electron chi connectivity index (χ3n) is 6.42. The van der Waals surface area contributed by atoms with Gasteiger partial charge in [0.25, 0.3) is 0 Å². The molecule has 1 atom stereocenters. The van der Waals surface area contributed by atoms with E-state index in [4.69, 9.17) is 15.2 Å². The quantitative estimate of drug-likeness (QED) is 0.683. The van der Waals surface area contributed by atoms with E-state index in [-0.39, 0.29) is 18.1 Å². The molecule has 2 aliphatic heterocycles. The number of ether oxygens (including phenoxy) is 2. The summed E-state index contributed by atoms with van der Waals surface area (Å²) < 4.78 is 10.9. The Kier molecular flexibility index (Phi) is 7.60. The molecule has 1 aromatic rings. The van der Waals surface area contributed by atoms with Crippen LogP contribution in [-0.2, 0) is 20.8 Å². The van der Waals surface area contributed by atoms with E-state index in [1.54, 1.807) is 13.8 Å². The first-order valence-corrected chi connectivity index (χ1v) is 11.3. The normalized spacial score (nSPS) is 20.2. The van der Waals surface area contributed by atoms with Crippen molar-refractivity contribution < 1.29 is 14.3 Å². The van der Waals surface area contributed by atoms with E-state index in [1.807, 2.05) is 13.0 Å². The first kappa shape index (κ1) is 23.8. The minimum Gasteiger partial charge on any atom is -0.463 e. The zero-order chi connectivity index (χ0) is 23.4. The van der Waals surface area contributed by atoms with Crippen LogP contribution in [0.2, 0.25) is 0 Å². The van der Waals surface area contributed by atoms with E-state index in [0.29, 0.717) is 11.3 Å². The first-order valence-electron chi connectivity index (χ1n) is 11.3. The van der Waals surface area contributed by atoms with E-state index >= 15 is 0 Å². The van der Waals surface area contributed by atoms with E-state index in [2.05, 4.69) is 35.8 Å². The van der Waals surface area contributed by atoms with Crippen molar-refractivity contribution in [1.82, 2.24) is 9.80 Å². The summed E-state index contributed by atoms with van der Waals surface area (Å²) in [5, 5.41) is 9.89. The molecule has 2 N–H and O–H groups in total. The van der Waals surface area contributed by atoms with Crippen LogP contribution in [0.25, 0.3) is 0 Å². The number of carbonyl (C=O) groups is 1. The number of nitriles is 1. The van der Waals surface area contributed by atoms with Gasteiger partial charge in [0.2, 0.25) is 5.88 Å². The minimum atomic E-state index is -0.608. The maximum Gasteiger partial charge on any atom is 0.338 e. The fourth-order valence-corrected chi connectivity index (χ4v) is 4.60. The van der Waals surface area contributed by atoms with Crippen molar-refractivity contribution >= 4 is 5.97 Å². The van der Waals surface area contributed by atoms with Gasteiger partial charge in [0.15, 0.2) is 0 Å². The molecule has 2 aliphatic rings. The predicted molar refractivity (Wildman–Crippen MR) is 123 cm³/mol. The number of benzene rings is 1. The minimum absolute atomic E-state index is 0.0428. The molecule has 1 saturated heterocycles. The molecule has 1 unspecified atom stereocenters. The number of nitrogens with two attached hydrogens (primary N) is 1. The van der Waals surface area contributed by atoms with Crippen molar-refractivity contribution in [3.05, 3.63) is 57.2 Å². The Bertz CT molecular complexity index is 982. The Morgan fingerprint density at radius 2 is 1.84 bits per heavy atom. The van der Waals surface area contributed by atoms with Crippen LogP contribution >= 0.6 is 0 Å². The Morgan fingerprint density at radius 1 is 1.19 bits per heavy atom. The summed E-state index contributed by atoms with van der Waals surface area (Å²) in [5.74, 6) is -0.666. The van der Waals surface area contributed by atoms with Crippen LogP contribution in [0, 0.1) is 25.2 Å². The summed E-state index contributed by atoms with van der Waals surface area (Å²) in [6.07, 6.45) is 0. The van der Waals surface area contributed by atoms with Gasteiger partial charge in [0.1, 0.15) is 17.4 Å². The molecule has 0 radical (unpaired) electrons. The number of likely N-dealkylation sites (N-methyl/N-ethyl adjacent to an activating group) is 1. The molecule has 172 valence electrons. The van der Waals surface area contributed by atoms with Gasteiger partial charge in [-0.3, -0.25) is 4.90 Å². The fourth-order valence-electron chi connectivity index (χ4n) is 4.60. The second-order valence-electron chi connectivity index (χ2n) is 8.46. The van der Waals surface area contributed by atoms with E-state index in [1.165, 1.54) is 5.56 Å². The van der Waals surface area contributed by atoms with Gasteiger partial charge < -0.3 is 20.1 Å². The zero-order valence-corrected chi connectivity index (χ0v) is 19.8. The van der Waals surface area contributed by atoms with E-state index in [0.717, 1.165) is 56.0 Å². The number of nitrogens with zero attached hydrogens (tertiary/aromatic N) is 3. The Morgan fingerprint density at radius 3 is 2.44 bits per heavy atom. The Hall–Kier alpha value is -2.82. The maximum atomic E-state index is 12.9. The molecule has 7 nitrogen and oxygen atoms in total. The monoisotopic (exact) mass is 438 g/mol. The molecule has 0 aromatic heterocycles. The largest absolute Gasteiger partial charge is 0.463 e. The fraction of sp³-hybridized carbons (Fsp3) is 0.520. The van der Waals surface area contributed by atoms with Gasteiger partial charge in [-0.25, -0.2) is 4.79 Å². The third kappa shape index (κ3) is 4.82. The zero-order valence-electron chi connectivity index (χ0n) is 19.8. The van der Waals surface area contributed by atoms with Gasteiger partial charge >= 0.3 is 5.97 Å². The van der Waals surface area contributed by atoms with Crippen LogP contribution in [-0.4, -0.2) is 55.1 Å². The SMILES string of the molecule is CCOC(=O)C1=C(C)OC(N)=C(C#N)C1c1cc(C)cc(CN2CCN(CC)CC2)c1C. The second kappa shape index (κ2) is 10.2. The van der Waals surface area contributed by atoms with Crippen molar-refractivity contribution in [3.8, 4) is 6.07 Å². The lowest BCUT2D eigenvalue weighted by atomic mass is 9.79. The number of piperazine rings is 1. The smallest absolute Gasteiger partial charge is 0.338 e. The van der Waals surface area contributed by atoms with Crippen molar-refractivity contribution in [2.45, 2.75) is 47.1 Å². The molecule has 1 aromatic carbocycles. The topological polar surface area (TPSA) is 91.8 Å². The molecule has 3 rings (SSSR count). The number of esters is 1. The van der Waals surface area contributed by atoms with Gasteiger partial charge in [-0.2, -0.15) is 5.26 Å². The molecule has 0 bridgehead atoms. The van der Waals surface area contributed by atoms with Crippen LogP contribution in [0.5, 0.6) is 0 Å². The van der Waals surface area contributed by atoms with Gasteiger partial charge in [-0.05, 0) is 50.9 Å². The third-order valence-corrected chi connectivity index (χ3v) is 6.42. The molecular weight excluding hydrogens is 404 g/mol. The summed E-state index contributed by atoms with van der Waals surface area (Å²) >= 11 is 0. The molecule has 2 heterocycles. The standard InChI is InChI=1S/C25H34N4O3/c1-6-28-8-10-29(11-9-28)15-19-12-16(3)13-20(17(19)4)23-21(14-26)24(27)32-18(5)22(23)25(30)31-7-2/h12-13,23H,6-11,15,27H2,1-5H3. The molecule has 0 amide bonds.